The van der Waals surface area contributed by atoms with Crippen LogP contribution in [0.1, 0.15) is 0 Å². The number of likely N-dealkylation sites (N-methyl/N-ethyl adjacent to an activating group) is 1. The molecular weight excluding hydrogens is 370 g/mol. The van der Waals surface area contributed by atoms with Crippen LogP contribution in [0.5, 0.6) is 0 Å². The van der Waals surface area contributed by atoms with Crippen LogP contribution >= 0.6 is 22.9 Å². The molecule has 2 aromatic rings. The SMILES string of the molecule is CN(CC(=O)Nc1cc(F)cc(F)c1)S(=O)(=O)c1ccc(Cl)s1. The van der Waals surface area contributed by atoms with E-state index in [4.69, 9.17) is 11.6 Å². The lowest BCUT2D eigenvalue weighted by molar-refractivity contribution is -0.116. The smallest absolute Gasteiger partial charge is 0.252 e. The van der Waals surface area contributed by atoms with Crippen LogP contribution in [0.25, 0.3) is 0 Å². The van der Waals surface area contributed by atoms with Crippen LogP contribution in [-0.2, 0) is 14.8 Å². The number of anilines is 1. The molecule has 0 saturated carbocycles. The molecule has 0 aliphatic rings. The Morgan fingerprint density at radius 3 is 2.39 bits per heavy atom. The molecule has 0 saturated heterocycles. The van der Waals surface area contributed by atoms with E-state index >= 15 is 0 Å². The maximum absolute atomic E-state index is 13.0. The lowest BCUT2D eigenvalue weighted by atomic mass is 10.3. The van der Waals surface area contributed by atoms with Crippen LogP contribution < -0.4 is 5.32 Å². The zero-order valence-electron chi connectivity index (χ0n) is 11.7. The van der Waals surface area contributed by atoms with E-state index in [9.17, 15) is 22.0 Å². The zero-order valence-corrected chi connectivity index (χ0v) is 14.1. The Morgan fingerprint density at radius 1 is 1.26 bits per heavy atom. The quantitative estimate of drug-likeness (QED) is 0.867. The van der Waals surface area contributed by atoms with E-state index in [-0.39, 0.29) is 9.90 Å². The molecule has 23 heavy (non-hydrogen) atoms. The third-order valence-electron chi connectivity index (χ3n) is 2.73. The third-order valence-corrected chi connectivity index (χ3v) is 6.23. The number of hydrogen-bond donors (Lipinski definition) is 1. The van der Waals surface area contributed by atoms with Gasteiger partial charge in [0.1, 0.15) is 15.8 Å². The fourth-order valence-corrected chi connectivity index (χ4v) is 4.52. The first kappa shape index (κ1) is 17.8. The summed E-state index contributed by atoms with van der Waals surface area (Å²) in [6, 6.07) is 5.27. The van der Waals surface area contributed by atoms with Gasteiger partial charge in [-0.3, -0.25) is 4.79 Å². The molecule has 1 heterocycles. The molecule has 124 valence electrons. The second-order valence-electron chi connectivity index (χ2n) is 4.53. The van der Waals surface area contributed by atoms with Gasteiger partial charge in [-0.1, -0.05) is 11.6 Å². The van der Waals surface area contributed by atoms with E-state index < -0.39 is 34.1 Å². The van der Waals surface area contributed by atoms with E-state index in [0.29, 0.717) is 10.4 Å². The van der Waals surface area contributed by atoms with Crippen molar-refractivity contribution < 1.29 is 22.0 Å². The Bertz CT molecular complexity index is 819. The summed E-state index contributed by atoms with van der Waals surface area (Å²) >= 11 is 6.56. The predicted molar refractivity (Wildman–Crippen MR) is 84.1 cm³/mol. The number of nitrogens with zero attached hydrogens (tertiary/aromatic N) is 1. The van der Waals surface area contributed by atoms with Gasteiger partial charge in [-0.2, -0.15) is 4.31 Å². The lowest BCUT2D eigenvalue weighted by Crippen LogP contribution is -2.34. The number of carbonyl (C=O) groups excluding carboxylic acids is 1. The number of hydrogen-bond acceptors (Lipinski definition) is 4. The minimum Gasteiger partial charge on any atom is -0.325 e. The van der Waals surface area contributed by atoms with E-state index in [1.165, 1.54) is 19.2 Å². The molecule has 0 radical (unpaired) electrons. The number of carbonyl (C=O) groups is 1. The number of amides is 1. The average Bonchev–Trinajstić information content (AvgIpc) is 2.84. The highest BCUT2D eigenvalue weighted by atomic mass is 35.5. The van der Waals surface area contributed by atoms with Crippen molar-refractivity contribution >= 4 is 44.6 Å². The standard InChI is InChI=1S/C13H11ClF2N2O3S2/c1-18(23(20,21)13-3-2-11(14)22-13)7-12(19)17-10-5-8(15)4-9(16)6-10/h2-6H,7H2,1H3,(H,17,19). The number of rotatable bonds is 5. The summed E-state index contributed by atoms with van der Waals surface area (Å²) in [4.78, 5) is 11.8. The van der Waals surface area contributed by atoms with E-state index in [1.807, 2.05) is 0 Å². The molecule has 1 amide bonds. The number of halogens is 3. The molecular formula is C13H11ClF2N2O3S2. The Balaban J connectivity index is 2.07. The molecule has 1 aromatic carbocycles. The predicted octanol–water partition coefficient (Wildman–Crippen LogP) is 2.94. The van der Waals surface area contributed by atoms with Gasteiger partial charge in [-0.05, 0) is 24.3 Å². The molecule has 0 fully saturated rings. The van der Waals surface area contributed by atoms with Gasteiger partial charge >= 0.3 is 0 Å². The summed E-state index contributed by atoms with van der Waals surface area (Å²) in [5.74, 6) is -2.44. The fraction of sp³-hybridized carbons (Fsp3) is 0.154. The summed E-state index contributed by atoms with van der Waals surface area (Å²) < 4.78 is 51.6. The van der Waals surface area contributed by atoms with Gasteiger partial charge in [-0.15, -0.1) is 11.3 Å². The van der Waals surface area contributed by atoms with Gasteiger partial charge < -0.3 is 5.32 Å². The summed E-state index contributed by atoms with van der Waals surface area (Å²) in [5, 5.41) is 2.24. The van der Waals surface area contributed by atoms with Crippen LogP contribution in [0.15, 0.2) is 34.5 Å². The third kappa shape index (κ3) is 4.47. The first-order valence-corrected chi connectivity index (χ1v) is 8.79. The van der Waals surface area contributed by atoms with Gasteiger partial charge in [0, 0.05) is 18.8 Å². The maximum atomic E-state index is 13.0. The van der Waals surface area contributed by atoms with Crippen LogP contribution in [0.2, 0.25) is 4.34 Å². The largest absolute Gasteiger partial charge is 0.325 e. The second-order valence-corrected chi connectivity index (χ2v) is 8.51. The van der Waals surface area contributed by atoms with Crippen molar-refractivity contribution in [1.29, 1.82) is 0 Å². The van der Waals surface area contributed by atoms with Crippen molar-refractivity contribution in [3.05, 3.63) is 46.3 Å². The molecule has 1 aromatic heterocycles. The first-order chi connectivity index (χ1) is 10.7. The van der Waals surface area contributed by atoms with Crippen LogP contribution in [-0.4, -0.2) is 32.2 Å². The topological polar surface area (TPSA) is 66.5 Å². The molecule has 5 nitrogen and oxygen atoms in total. The van der Waals surface area contributed by atoms with Crippen molar-refractivity contribution in [3.8, 4) is 0 Å². The Kier molecular flexibility index (Phi) is 5.35. The Labute approximate surface area is 140 Å². The van der Waals surface area contributed by atoms with Gasteiger partial charge in [0.05, 0.1) is 10.9 Å². The fourth-order valence-electron chi connectivity index (χ4n) is 1.70. The van der Waals surface area contributed by atoms with Crippen molar-refractivity contribution in [2.45, 2.75) is 4.21 Å². The van der Waals surface area contributed by atoms with Crippen molar-refractivity contribution in [3.63, 3.8) is 0 Å². The highest BCUT2D eigenvalue weighted by Gasteiger charge is 2.24. The summed E-state index contributed by atoms with van der Waals surface area (Å²) in [5.41, 5.74) is -0.0996. The van der Waals surface area contributed by atoms with E-state index in [0.717, 1.165) is 27.8 Å². The van der Waals surface area contributed by atoms with E-state index in [2.05, 4.69) is 5.32 Å². The highest BCUT2D eigenvalue weighted by molar-refractivity contribution is 7.91. The van der Waals surface area contributed by atoms with Gasteiger partial charge in [0.15, 0.2) is 0 Å². The molecule has 0 atom stereocenters. The highest BCUT2D eigenvalue weighted by Crippen LogP contribution is 2.27. The van der Waals surface area contributed by atoms with Crippen LogP contribution in [0, 0.1) is 11.6 Å². The zero-order chi connectivity index (χ0) is 17.2. The molecule has 0 aliphatic carbocycles. The van der Waals surface area contributed by atoms with Crippen LogP contribution in [0.3, 0.4) is 0 Å². The normalized spacial score (nSPS) is 11.7. The molecule has 2 rings (SSSR count). The maximum Gasteiger partial charge on any atom is 0.252 e. The van der Waals surface area contributed by atoms with Gasteiger partial charge in [0.25, 0.3) is 10.0 Å². The number of benzene rings is 1. The Morgan fingerprint density at radius 2 is 1.87 bits per heavy atom. The summed E-state index contributed by atoms with van der Waals surface area (Å²) in [6.07, 6.45) is 0. The lowest BCUT2D eigenvalue weighted by Gasteiger charge is -2.15. The number of sulfonamides is 1. The van der Waals surface area contributed by atoms with Crippen molar-refractivity contribution in [2.24, 2.45) is 0 Å². The average molecular weight is 381 g/mol. The summed E-state index contributed by atoms with van der Waals surface area (Å²) in [6.45, 7) is -0.518. The molecule has 0 unspecified atom stereocenters. The van der Waals surface area contributed by atoms with Gasteiger partial charge in [-0.25, -0.2) is 17.2 Å². The second kappa shape index (κ2) is 6.91. The first-order valence-electron chi connectivity index (χ1n) is 6.16. The minimum atomic E-state index is -3.86. The molecule has 0 aliphatic heterocycles. The Hall–Kier alpha value is -1.55. The monoisotopic (exact) mass is 380 g/mol. The minimum absolute atomic E-state index is 0.00500. The number of nitrogens with one attached hydrogen (secondary N) is 1. The summed E-state index contributed by atoms with van der Waals surface area (Å²) in [7, 11) is -2.65. The van der Waals surface area contributed by atoms with Gasteiger partial charge in [0.2, 0.25) is 5.91 Å². The molecule has 10 heteroatoms. The van der Waals surface area contributed by atoms with Crippen molar-refractivity contribution in [2.75, 3.05) is 18.9 Å². The number of thiophene rings is 1. The molecule has 0 bridgehead atoms. The van der Waals surface area contributed by atoms with E-state index in [1.54, 1.807) is 0 Å². The van der Waals surface area contributed by atoms with Crippen LogP contribution in [0.4, 0.5) is 14.5 Å². The molecule has 1 N–H and O–H groups in total. The molecule has 0 spiro atoms. The van der Waals surface area contributed by atoms with Crippen molar-refractivity contribution in [1.82, 2.24) is 4.31 Å².